The van der Waals surface area contributed by atoms with Gasteiger partial charge in [0.15, 0.2) is 5.82 Å². The molecule has 0 radical (unpaired) electrons. The van der Waals surface area contributed by atoms with Crippen LogP contribution in [-0.4, -0.2) is 52.9 Å². The lowest BCUT2D eigenvalue weighted by Crippen LogP contribution is -2.29. The Kier molecular flexibility index (Phi) is 4.73. The number of nitrogens with zero attached hydrogens (tertiary/aromatic N) is 3. The average molecular weight is 352 g/mol. The summed E-state index contributed by atoms with van der Waals surface area (Å²) >= 11 is 5.95. The Morgan fingerprint density at radius 2 is 2.29 bits per heavy atom. The van der Waals surface area contributed by atoms with Crippen LogP contribution in [0.2, 0.25) is 5.02 Å². The summed E-state index contributed by atoms with van der Waals surface area (Å²) in [7, 11) is 1.49. The largest absolute Gasteiger partial charge is 0.496 e. The molecule has 1 aromatic carbocycles. The van der Waals surface area contributed by atoms with Gasteiger partial charge in [-0.1, -0.05) is 16.8 Å². The van der Waals surface area contributed by atoms with Crippen molar-refractivity contribution in [2.75, 3.05) is 26.8 Å². The molecule has 1 aromatic heterocycles. The van der Waals surface area contributed by atoms with Gasteiger partial charge in [0, 0.05) is 30.6 Å². The first kappa shape index (κ1) is 16.7. The summed E-state index contributed by atoms with van der Waals surface area (Å²) < 4.78 is 10.5. The third kappa shape index (κ3) is 3.09. The predicted octanol–water partition coefficient (Wildman–Crippen LogP) is 1.89. The smallest absolute Gasteiger partial charge is 0.257 e. The quantitative estimate of drug-likeness (QED) is 0.904. The van der Waals surface area contributed by atoms with Gasteiger partial charge in [-0.15, -0.1) is 0 Å². The Labute approximate surface area is 144 Å². The van der Waals surface area contributed by atoms with E-state index in [9.17, 15) is 9.90 Å². The van der Waals surface area contributed by atoms with Crippen molar-refractivity contribution in [1.29, 1.82) is 0 Å². The number of carbonyl (C=O) groups is 1. The van der Waals surface area contributed by atoms with Crippen molar-refractivity contribution in [2.45, 2.75) is 12.8 Å². The number of methoxy groups -OCH3 is 1. The van der Waals surface area contributed by atoms with Gasteiger partial charge in [0.05, 0.1) is 18.6 Å². The van der Waals surface area contributed by atoms with Crippen molar-refractivity contribution in [3.05, 3.63) is 40.5 Å². The van der Waals surface area contributed by atoms with Gasteiger partial charge in [-0.25, -0.2) is 0 Å². The second kappa shape index (κ2) is 6.78. The fourth-order valence-electron chi connectivity index (χ4n) is 2.98. The normalized spacial score (nSPS) is 20.4. The monoisotopic (exact) mass is 351 g/mol. The highest BCUT2D eigenvalue weighted by Crippen LogP contribution is 2.34. The van der Waals surface area contributed by atoms with Crippen molar-refractivity contribution in [3.63, 3.8) is 0 Å². The molecule has 2 unspecified atom stereocenters. The van der Waals surface area contributed by atoms with E-state index in [-0.39, 0.29) is 24.3 Å². The number of benzene rings is 1. The molecule has 2 heterocycles. The summed E-state index contributed by atoms with van der Waals surface area (Å²) in [5, 5.41) is 13.9. The van der Waals surface area contributed by atoms with Crippen molar-refractivity contribution < 1.29 is 19.2 Å². The summed E-state index contributed by atoms with van der Waals surface area (Å²) in [6, 6.07) is 4.89. The molecule has 1 aliphatic heterocycles. The van der Waals surface area contributed by atoms with Gasteiger partial charge in [-0.2, -0.15) is 4.98 Å². The van der Waals surface area contributed by atoms with Crippen LogP contribution in [0.4, 0.5) is 0 Å². The molecule has 128 valence electrons. The molecule has 2 atom stereocenters. The number of aliphatic hydroxyl groups excluding tert-OH is 1. The van der Waals surface area contributed by atoms with Crippen LogP contribution >= 0.6 is 11.6 Å². The third-order valence-corrected chi connectivity index (χ3v) is 4.45. The van der Waals surface area contributed by atoms with Gasteiger partial charge in [0.25, 0.3) is 5.91 Å². The number of hydrogen-bond acceptors (Lipinski definition) is 6. The Bertz CT molecular complexity index is 749. The molecule has 1 amide bonds. The van der Waals surface area contributed by atoms with E-state index in [4.69, 9.17) is 20.9 Å². The zero-order chi connectivity index (χ0) is 17.3. The number of carbonyl (C=O) groups excluding carboxylic acids is 1. The van der Waals surface area contributed by atoms with Crippen LogP contribution in [0.5, 0.6) is 5.75 Å². The van der Waals surface area contributed by atoms with Gasteiger partial charge < -0.3 is 19.3 Å². The molecule has 1 fully saturated rings. The maximum Gasteiger partial charge on any atom is 0.257 e. The first-order valence-electron chi connectivity index (χ1n) is 7.57. The molecule has 0 spiro atoms. The molecule has 7 nitrogen and oxygen atoms in total. The zero-order valence-corrected chi connectivity index (χ0v) is 14.2. The van der Waals surface area contributed by atoms with Crippen LogP contribution in [0.15, 0.2) is 22.7 Å². The van der Waals surface area contributed by atoms with E-state index in [0.717, 1.165) is 0 Å². The zero-order valence-electron chi connectivity index (χ0n) is 13.4. The molecular weight excluding hydrogens is 334 g/mol. The molecule has 24 heavy (non-hydrogen) atoms. The molecule has 1 N–H and O–H groups in total. The van der Waals surface area contributed by atoms with E-state index < -0.39 is 0 Å². The third-order valence-electron chi connectivity index (χ3n) is 4.22. The van der Waals surface area contributed by atoms with E-state index >= 15 is 0 Å². The molecule has 1 aliphatic rings. The lowest BCUT2D eigenvalue weighted by molar-refractivity contribution is 0.0777. The van der Waals surface area contributed by atoms with Gasteiger partial charge in [-0.3, -0.25) is 4.79 Å². The highest BCUT2D eigenvalue weighted by molar-refractivity contribution is 6.30. The minimum Gasteiger partial charge on any atom is -0.496 e. The van der Waals surface area contributed by atoms with E-state index in [1.54, 1.807) is 30.0 Å². The number of amides is 1. The minimum atomic E-state index is -0.182. The highest BCUT2D eigenvalue weighted by Gasteiger charge is 2.39. The van der Waals surface area contributed by atoms with Crippen LogP contribution in [0, 0.1) is 12.8 Å². The van der Waals surface area contributed by atoms with E-state index in [1.807, 2.05) is 0 Å². The fourth-order valence-corrected chi connectivity index (χ4v) is 3.14. The Morgan fingerprint density at radius 3 is 2.92 bits per heavy atom. The number of likely N-dealkylation sites (tertiary alicyclic amines) is 1. The Balaban J connectivity index is 1.84. The fraction of sp³-hybridized carbons (Fsp3) is 0.438. The number of aryl methyl sites for hydroxylation is 1. The molecule has 2 aromatic rings. The maximum absolute atomic E-state index is 12.8. The molecule has 1 saturated heterocycles. The summed E-state index contributed by atoms with van der Waals surface area (Å²) in [6.45, 7) is 2.48. The Morgan fingerprint density at radius 1 is 1.50 bits per heavy atom. The first-order valence-corrected chi connectivity index (χ1v) is 7.95. The van der Waals surface area contributed by atoms with Crippen molar-refractivity contribution in [3.8, 4) is 5.75 Å². The summed E-state index contributed by atoms with van der Waals surface area (Å²) in [5.74, 6) is 0.895. The number of aliphatic hydroxyl groups is 1. The molecular formula is C16H18ClN3O4. The van der Waals surface area contributed by atoms with Crippen LogP contribution in [0.25, 0.3) is 0 Å². The molecule has 0 saturated carbocycles. The van der Waals surface area contributed by atoms with Crippen LogP contribution in [0.1, 0.15) is 28.0 Å². The SMILES string of the molecule is COc1cc(Cl)ccc1C(=O)N1CC(CO)C(c2nc(C)no2)C1. The van der Waals surface area contributed by atoms with Gasteiger partial charge in [0.2, 0.25) is 5.89 Å². The van der Waals surface area contributed by atoms with E-state index in [1.165, 1.54) is 7.11 Å². The topological polar surface area (TPSA) is 88.7 Å². The molecule has 3 rings (SSSR count). The second-order valence-corrected chi connectivity index (χ2v) is 6.22. The second-order valence-electron chi connectivity index (χ2n) is 5.78. The summed E-state index contributed by atoms with van der Waals surface area (Å²) in [5.41, 5.74) is 0.431. The Hall–Kier alpha value is -2.12. The van der Waals surface area contributed by atoms with Gasteiger partial charge >= 0.3 is 0 Å². The van der Waals surface area contributed by atoms with Crippen molar-refractivity contribution in [1.82, 2.24) is 15.0 Å². The van der Waals surface area contributed by atoms with Crippen molar-refractivity contribution in [2.24, 2.45) is 5.92 Å². The number of rotatable bonds is 4. The van der Waals surface area contributed by atoms with Crippen LogP contribution < -0.4 is 4.74 Å². The summed E-state index contributed by atoms with van der Waals surface area (Å²) in [4.78, 5) is 18.7. The highest BCUT2D eigenvalue weighted by atomic mass is 35.5. The predicted molar refractivity (Wildman–Crippen MR) is 86.3 cm³/mol. The lowest BCUT2D eigenvalue weighted by Gasteiger charge is -2.18. The van der Waals surface area contributed by atoms with E-state index in [2.05, 4.69) is 10.1 Å². The standard InChI is InChI=1S/C16H18ClN3O4/c1-9-18-15(24-19-9)13-7-20(6-10(13)8-21)16(22)12-4-3-11(17)5-14(12)23-2/h3-5,10,13,21H,6-8H2,1-2H3. The molecule has 0 bridgehead atoms. The molecule has 8 heteroatoms. The number of ether oxygens (including phenoxy) is 1. The van der Waals surface area contributed by atoms with E-state index in [0.29, 0.717) is 41.1 Å². The summed E-state index contributed by atoms with van der Waals surface area (Å²) in [6.07, 6.45) is 0. The van der Waals surface area contributed by atoms with Gasteiger partial charge in [-0.05, 0) is 25.1 Å². The van der Waals surface area contributed by atoms with Crippen LogP contribution in [-0.2, 0) is 0 Å². The number of halogens is 1. The lowest BCUT2D eigenvalue weighted by atomic mass is 9.97. The molecule has 0 aliphatic carbocycles. The first-order chi connectivity index (χ1) is 11.5. The average Bonchev–Trinajstić information content (AvgIpc) is 3.19. The number of hydrogen-bond donors (Lipinski definition) is 1. The number of aromatic nitrogens is 2. The van der Waals surface area contributed by atoms with Crippen molar-refractivity contribution >= 4 is 17.5 Å². The van der Waals surface area contributed by atoms with Crippen LogP contribution in [0.3, 0.4) is 0 Å². The minimum absolute atomic E-state index is 0.0619. The maximum atomic E-state index is 12.8. The van der Waals surface area contributed by atoms with Gasteiger partial charge in [0.1, 0.15) is 5.75 Å².